The van der Waals surface area contributed by atoms with Crippen molar-refractivity contribution in [1.29, 1.82) is 5.26 Å². The van der Waals surface area contributed by atoms with Gasteiger partial charge in [0.1, 0.15) is 18.2 Å². The second kappa shape index (κ2) is 16.2. The van der Waals surface area contributed by atoms with Gasteiger partial charge in [0.2, 0.25) is 0 Å². The SMILES string of the molecule is CC.CC.N#Cc1ccc2[nH]cc(CCCCN3CCN(c4ncc(-c5ccc(F)cc5)cc4CN=O)CC3)c2c1. The number of piperazine rings is 1. The highest BCUT2D eigenvalue weighted by Gasteiger charge is 2.21. The molecule has 3 heterocycles. The largest absolute Gasteiger partial charge is 0.361 e. The average Bonchev–Trinajstić information content (AvgIpc) is 3.44. The molecule has 7 nitrogen and oxygen atoms in total. The first-order valence-electron chi connectivity index (χ1n) is 14.7. The Kier molecular flexibility index (Phi) is 12.5. The van der Waals surface area contributed by atoms with Crippen molar-refractivity contribution in [3.8, 4) is 17.2 Å². The Morgan fingerprint density at radius 2 is 1.68 bits per heavy atom. The summed E-state index contributed by atoms with van der Waals surface area (Å²) in [6.07, 6.45) is 7.03. The van der Waals surface area contributed by atoms with Gasteiger partial charge in [-0.1, -0.05) is 45.0 Å². The molecule has 1 aliphatic rings. The van der Waals surface area contributed by atoms with Gasteiger partial charge in [-0.05, 0) is 73.3 Å². The first-order chi connectivity index (χ1) is 20.1. The number of pyridine rings is 1. The molecule has 41 heavy (non-hydrogen) atoms. The first kappa shape index (κ1) is 31.4. The lowest BCUT2D eigenvalue weighted by Gasteiger charge is -2.36. The Balaban J connectivity index is 0.00000111. The van der Waals surface area contributed by atoms with Crippen molar-refractivity contribution in [3.05, 3.63) is 88.3 Å². The number of hydrogen-bond donors (Lipinski definition) is 1. The predicted molar refractivity (Wildman–Crippen MR) is 166 cm³/mol. The van der Waals surface area contributed by atoms with Crippen LogP contribution in [0.25, 0.3) is 22.0 Å². The Morgan fingerprint density at radius 3 is 2.37 bits per heavy atom. The summed E-state index contributed by atoms with van der Waals surface area (Å²) in [6, 6.07) is 16.2. The number of unbranched alkanes of at least 4 members (excludes halogenated alkanes) is 1. The summed E-state index contributed by atoms with van der Waals surface area (Å²) in [5, 5.41) is 13.4. The van der Waals surface area contributed by atoms with Crippen molar-refractivity contribution >= 4 is 16.7 Å². The molecule has 1 fully saturated rings. The fourth-order valence-electron chi connectivity index (χ4n) is 5.06. The van der Waals surface area contributed by atoms with E-state index in [-0.39, 0.29) is 12.4 Å². The number of nitrogens with zero attached hydrogens (tertiary/aromatic N) is 5. The fraction of sp³-hybridized carbons (Fsp3) is 0.394. The summed E-state index contributed by atoms with van der Waals surface area (Å²) in [5.41, 5.74) is 5.54. The fourth-order valence-corrected chi connectivity index (χ4v) is 5.06. The number of fused-ring (bicyclic) bond motifs is 1. The second-order valence-corrected chi connectivity index (χ2v) is 9.47. The van der Waals surface area contributed by atoms with Crippen LogP contribution in [0.1, 0.15) is 57.2 Å². The molecule has 8 heteroatoms. The molecule has 0 unspecified atom stereocenters. The van der Waals surface area contributed by atoms with Gasteiger partial charge in [0.05, 0.1) is 11.6 Å². The topological polar surface area (TPSA) is 88.4 Å². The molecular formula is C33H41FN6O. The van der Waals surface area contributed by atoms with E-state index in [4.69, 9.17) is 0 Å². The number of nitriles is 1. The molecule has 0 atom stereocenters. The summed E-state index contributed by atoms with van der Waals surface area (Å²) >= 11 is 0. The molecule has 0 spiro atoms. The highest BCUT2D eigenvalue weighted by Crippen LogP contribution is 2.27. The van der Waals surface area contributed by atoms with Crippen molar-refractivity contribution < 1.29 is 4.39 Å². The van der Waals surface area contributed by atoms with Crippen LogP contribution in [0.4, 0.5) is 10.2 Å². The van der Waals surface area contributed by atoms with Crippen molar-refractivity contribution in [2.24, 2.45) is 5.18 Å². The third-order valence-electron chi connectivity index (χ3n) is 7.09. The van der Waals surface area contributed by atoms with E-state index < -0.39 is 0 Å². The molecule has 1 N–H and O–H groups in total. The number of nitrogens with one attached hydrogen (secondary N) is 1. The summed E-state index contributed by atoms with van der Waals surface area (Å²) in [7, 11) is 0. The summed E-state index contributed by atoms with van der Waals surface area (Å²) < 4.78 is 13.3. The first-order valence-corrected chi connectivity index (χ1v) is 14.7. The van der Waals surface area contributed by atoms with Gasteiger partial charge >= 0.3 is 0 Å². The number of hydrogen-bond acceptors (Lipinski definition) is 6. The number of aromatic amines is 1. The van der Waals surface area contributed by atoms with E-state index in [1.54, 1.807) is 18.3 Å². The highest BCUT2D eigenvalue weighted by molar-refractivity contribution is 5.84. The molecule has 2 aromatic heterocycles. The van der Waals surface area contributed by atoms with Crippen molar-refractivity contribution in [2.75, 3.05) is 37.6 Å². The maximum atomic E-state index is 13.3. The molecule has 1 saturated heterocycles. The molecule has 0 aliphatic carbocycles. The van der Waals surface area contributed by atoms with Crippen molar-refractivity contribution in [1.82, 2.24) is 14.9 Å². The normalized spacial score (nSPS) is 13.0. The standard InChI is InChI=1S/C29H29FN6O.2C2H6/c30-26-7-5-22(6-8-26)24-16-25(20-34-37)29(33-19-24)36-13-11-35(12-14-36)10-2-1-3-23-18-32-28-9-4-21(17-31)15-27(23)28;2*1-2/h4-9,15-16,18-19,32H,1-3,10-14,20H2;2*1-2H3. The van der Waals surface area contributed by atoms with E-state index in [0.717, 1.165) is 85.4 Å². The number of halogens is 1. The van der Waals surface area contributed by atoms with Gasteiger partial charge in [-0.25, -0.2) is 9.37 Å². The predicted octanol–water partition coefficient (Wildman–Crippen LogP) is 7.70. The summed E-state index contributed by atoms with van der Waals surface area (Å²) in [5.74, 6) is 0.523. The lowest BCUT2D eigenvalue weighted by atomic mass is 10.0. The van der Waals surface area contributed by atoms with E-state index in [1.807, 2.05) is 52.0 Å². The number of nitroso groups, excluding NO2 is 1. The molecule has 2 aromatic carbocycles. The van der Waals surface area contributed by atoms with Crippen molar-refractivity contribution in [3.63, 3.8) is 0 Å². The molecule has 216 valence electrons. The van der Waals surface area contributed by atoms with Gasteiger partial charge in [-0.2, -0.15) is 10.2 Å². The van der Waals surface area contributed by atoms with E-state index in [9.17, 15) is 14.6 Å². The zero-order valence-electron chi connectivity index (χ0n) is 24.7. The zero-order valence-corrected chi connectivity index (χ0v) is 24.7. The Morgan fingerprint density at radius 1 is 0.951 bits per heavy atom. The van der Waals surface area contributed by atoms with Gasteiger partial charge in [0.25, 0.3) is 0 Å². The van der Waals surface area contributed by atoms with E-state index in [0.29, 0.717) is 5.56 Å². The minimum Gasteiger partial charge on any atom is -0.361 e. The maximum absolute atomic E-state index is 13.3. The van der Waals surface area contributed by atoms with Crippen LogP contribution in [-0.2, 0) is 13.0 Å². The van der Waals surface area contributed by atoms with Crippen LogP contribution in [0.5, 0.6) is 0 Å². The lowest BCUT2D eigenvalue weighted by molar-refractivity contribution is 0.252. The third-order valence-corrected chi connectivity index (χ3v) is 7.09. The van der Waals surface area contributed by atoms with Crippen LogP contribution in [-0.4, -0.2) is 47.6 Å². The Hall–Kier alpha value is -4.09. The van der Waals surface area contributed by atoms with Crippen LogP contribution in [0, 0.1) is 22.1 Å². The van der Waals surface area contributed by atoms with Crippen molar-refractivity contribution in [2.45, 2.75) is 53.5 Å². The van der Waals surface area contributed by atoms with Gasteiger partial charge in [0, 0.05) is 60.6 Å². The smallest absolute Gasteiger partial charge is 0.133 e. The second-order valence-electron chi connectivity index (χ2n) is 9.47. The van der Waals surface area contributed by atoms with Gasteiger partial charge < -0.3 is 9.88 Å². The number of aromatic nitrogens is 2. The number of benzene rings is 2. The van der Waals surface area contributed by atoms with Crippen LogP contribution in [0.2, 0.25) is 0 Å². The maximum Gasteiger partial charge on any atom is 0.133 e. The van der Waals surface area contributed by atoms with Crippen LogP contribution in [0.3, 0.4) is 0 Å². The van der Waals surface area contributed by atoms with Crippen LogP contribution >= 0.6 is 0 Å². The number of anilines is 1. The van der Waals surface area contributed by atoms with Crippen LogP contribution < -0.4 is 4.90 Å². The Labute approximate surface area is 243 Å². The molecule has 0 radical (unpaired) electrons. The molecular weight excluding hydrogens is 515 g/mol. The molecule has 0 saturated carbocycles. The minimum absolute atomic E-state index is 0.0568. The summed E-state index contributed by atoms with van der Waals surface area (Å²) in [4.78, 5) is 23.8. The molecule has 5 rings (SSSR count). The van der Waals surface area contributed by atoms with Crippen LogP contribution in [0.15, 0.2) is 66.1 Å². The quantitative estimate of drug-likeness (QED) is 0.169. The average molecular weight is 557 g/mol. The number of aryl methyl sites for hydroxylation is 1. The summed E-state index contributed by atoms with van der Waals surface area (Å²) in [6.45, 7) is 12.7. The Bertz CT molecular complexity index is 1420. The molecule has 0 bridgehead atoms. The molecule has 1 aliphatic heterocycles. The minimum atomic E-state index is -0.284. The van der Waals surface area contributed by atoms with Gasteiger partial charge in [0.15, 0.2) is 0 Å². The number of H-pyrrole nitrogens is 1. The van der Waals surface area contributed by atoms with Gasteiger partial charge in [-0.15, -0.1) is 0 Å². The molecule has 0 amide bonds. The zero-order chi connectivity index (χ0) is 29.6. The third kappa shape index (κ3) is 8.21. The molecule has 4 aromatic rings. The van der Waals surface area contributed by atoms with Gasteiger partial charge in [-0.3, -0.25) is 4.90 Å². The van der Waals surface area contributed by atoms with E-state index in [1.165, 1.54) is 17.7 Å². The highest BCUT2D eigenvalue weighted by atomic mass is 19.1. The lowest BCUT2D eigenvalue weighted by Crippen LogP contribution is -2.47. The van der Waals surface area contributed by atoms with E-state index >= 15 is 0 Å². The van der Waals surface area contributed by atoms with E-state index in [2.05, 4.69) is 37.2 Å². The number of rotatable bonds is 9. The monoisotopic (exact) mass is 556 g/mol.